The summed E-state index contributed by atoms with van der Waals surface area (Å²) in [5.74, 6) is 2.02. The third kappa shape index (κ3) is 6.27. The van der Waals surface area contributed by atoms with Crippen molar-refractivity contribution in [1.82, 2.24) is 20.0 Å². The molecule has 3 heterocycles. The third-order valence-corrected chi connectivity index (χ3v) is 7.43. The Kier molecular flexibility index (Phi) is 7.85. The zero-order valence-electron chi connectivity index (χ0n) is 23.0. The van der Waals surface area contributed by atoms with Crippen molar-refractivity contribution in [1.29, 1.82) is 0 Å². The first-order chi connectivity index (χ1) is 20.5. The number of carbonyl (C=O) groups is 3. The van der Waals surface area contributed by atoms with Gasteiger partial charge in [-0.15, -0.1) is 0 Å². The first-order valence-electron chi connectivity index (χ1n) is 14.0. The first-order valence-corrected chi connectivity index (χ1v) is 14.0. The number of rotatable bonds is 9. The largest absolute Gasteiger partial charge is 0.484 e. The highest BCUT2D eigenvalue weighted by atomic mass is 16.5. The van der Waals surface area contributed by atoms with Gasteiger partial charge in [-0.3, -0.25) is 19.5 Å². The lowest BCUT2D eigenvalue weighted by atomic mass is 10.1. The number of likely N-dealkylation sites (tertiary alicyclic amines) is 1. The molecule has 3 aromatic carbocycles. The maximum absolute atomic E-state index is 13.1. The van der Waals surface area contributed by atoms with Crippen molar-refractivity contribution >= 4 is 23.5 Å². The second-order valence-electron chi connectivity index (χ2n) is 10.4. The zero-order valence-corrected chi connectivity index (χ0v) is 23.0. The van der Waals surface area contributed by atoms with Crippen LogP contribution in [0.3, 0.4) is 0 Å². The van der Waals surface area contributed by atoms with Gasteiger partial charge in [0.15, 0.2) is 12.4 Å². The Labute approximate surface area is 243 Å². The van der Waals surface area contributed by atoms with Crippen molar-refractivity contribution in [3.05, 3.63) is 101 Å². The van der Waals surface area contributed by atoms with E-state index in [1.807, 2.05) is 47.4 Å². The van der Waals surface area contributed by atoms with Crippen molar-refractivity contribution in [2.75, 3.05) is 25.0 Å². The molecule has 1 saturated heterocycles. The molecule has 2 aliphatic heterocycles. The second kappa shape index (κ2) is 12.2. The van der Waals surface area contributed by atoms with Crippen LogP contribution in [0.25, 0.3) is 0 Å². The van der Waals surface area contributed by atoms with E-state index in [1.165, 1.54) is 0 Å². The minimum Gasteiger partial charge on any atom is -0.484 e. The van der Waals surface area contributed by atoms with Crippen LogP contribution in [0, 0.1) is 0 Å². The van der Waals surface area contributed by atoms with Gasteiger partial charge in [0.25, 0.3) is 11.8 Å². The molecule has 2 aliphatic rings. The molecule has 0 atom stereocenters. The van der Waals surface area contributed by atoms with Gasteiger partial charge in [-0.05, 0) is 66.9 Å². The molecule has 4 aromatic rings. The Balaban J connectivity index is 0.997. The standard InChI is InChI=1S/C32H31N5O5/c38-29(18-22-8-12-24(13-9-22)41-21-30(39)36-16-4-5-17-36)37-19-27-28(20-37)34-35-31(27)33-32(40)23-10-14-26(15-11-23)42-25-6-2-1-3-7-25/h1-3,6-15H,4-5,16-21H2,(H2,33,34,35,40). The molecule has 10 nitrogen and oxygen atoms in total. The van der Waals surface area contributed by atoms with Crippen molar-refractivity contribution in [2.24, 2.45) is 0 Å². The molecule has 214 valence electrons. The molecule has 6 rings (SSSR count). The Morgan fingerprint density at radius 1 is 0.786 bits per heavy atom. The molecule has 2 N–H and O–H groups in total. The number of hydrogen-bond donors (Lipinski definition) is 2. The minimum atomic E-state index is -0.301. The summed E-state index contributed by atoms with van der Waals surface area (Å²) >= 11 is 0. The Bertz CT molecular complexity index is 1560. The van der Waals surface area contributed by atoms with E-state index < -0.39 is 0 Å². The predicted molar refractivity (Wildman–Crippen MR) is 155 cm³/mol. The van der Waals surface area contributed by atoms with E-state index in [0.29, 0.717) is 41.7 Å². The van der Waals surface area contributed by atoms with Gasteiger partial charge in [-0.2, -0.15) is 5.10 Å². The minimum absolute atomic E-state index is 0.000358. The van der Waals surface area contributed by atoms with Crippen LogP contribution in [0.1, 0.15) is 40.0 Å². The van der Waals surface area contributed by atoms with E-state index in [2.05, 4.69) is 15.5 Å². The predicted octanol–water partition coefficient (Wildman–Crippen LogP) is 4.54. The number of carbonyl (C=O) groups excluding carboxylic acids is 3. The number of amides is 3. The summed E-state index contributed by atoms with van der Waals surface area (Å²) in [6, 6.07) is 23.5. The molecular formula is C32H31N5O5. The second-order valence-corrected chi connectivity index (χ2v) is 10.4. The Morgan fingerprint density at radius 2 is 1.48 bits per heavy atom. The fourth-order valence-electron chi connectivity index (χ4n) is 5.09. The van der Waals surface area contributed by atoms with Crippen LogP contribution >= 0.6 is 0 Å². The molecule has 0 bridgehead atoms. The SMILES string of the molecule is O=C(Nc1n[nH]c2c1CN(C(=O)Cc1ccc(OCC(=O)N3CCCC3)cc1)C2)c1ccc(Oc2ccccc2)cc1. The number of fused-ring (bicyclic) bond motifs is 1. The molecule has 0 unspecified atom stereocenters. The highest BCUT2D eigenvalue weighted by Gasteiger charge is 2.29. The smallest absolute Gasteiger partial charge is 0.260 e. The fourth-order valence-corrected chi connectivity index (χ4v) is 5.09. The lowest BCUT2D eigenvalue weighted by Crippen LogP contribution is -2.32. The van der Waals surface area contributed by atoms with E-state index in [1.54, 1.807) is 41.3 Å². The molecule has 1 fully saturated rings. The van der Waals surface area contributed by atoms with E-state index in [9.17, 15) is 14.4 Å². The molecular weight excluding hydrogens is 534 g/mol. The van der Waals surface area contributed by atoms with Gasteiger partial charge in [-0.25, -0.2) is 0 Å². The van der Waals surface area contributed by atoms with E-state index in [0.717, 1.165) is 42.8 Å². The van der Waals surface area contributed by atoms with Crippen molar-refractivity contribution in [3.8, 4) is 17.2 Å². The van der Waals surface area contributed by atoms with Crippen LogP contribution in [-0.4, -0.2) is 57.4 Å². The Hall–Kier alpha value is -5.12. The molecule has 42 heavy (non-hydrogen) atoms. The number of H-pyrrole nitrogens is 1. The summed E-state index contributed by atoms with van der Waals surface area (Å²) in [6.07, 6.45) is 2.32. The van der Waals surface area contributed by atoms with Crippen molar-refractivity contribution in [2.45, 2.75) is 32.4 Å². The lowest BCUT2D eigenvalue weighted by Gasteiger charge is -2.17. The molecule has 0 radical (unpaired) electrons. The van der Waals surface area contributed by atoms with Gasteiger partial charge in [-0.1, -0.05) is 30.3 Å². The zero-order chi connectivity index (χ0) is 28.9. The van der Waals surface area contributed by atoms with Crippen LogP contribution < -0.4 is 14.8 Å². The normalized spacial score (nSPS) is 14.0. The average Bonchev–Trinajstić information content (AvgIpc) is 3.77. The number of nitrogens with zero attached hydrogens (tertiary/aromatic N) is 3. The third-order valence-electron chi connectivity index (χ3n) is 7.43. The molecule has 10 heteroatoms. The topological polar surface area (TPSA) is 117 Å². The molecule has 1 aromatic heterocycles. The highest BCUT2D eigenvalue weighted by Crippen LogP contribution is 2.28. The number of hydrogen-bond acceptors (Lipinski definition) is 6. The maximum Gasteiger partial charge on any atom is 0.260 e. The number of benzene rings is 3. The van der Waals surface area contributed by atoms with Crippen LogP contribution in [0.2, 0.25) is 0 Å². The monoisotopic (exact) mass is 565 g/mol. The molecule has 0 saturated carbocycles. The number of anilines is 1. The summed E-state index contributed by atoms with van der Waals surface area (Å²) in [5, 5.41) is 10.1. The van der Waals surface area contributed by atoms with Crippen LogP contribution in [0.15, 0.2) is 78.9 Å². The fraction of sp³-hybridized carbons (Fsp3) is 0.250. The number of nitrogens with one attached hydrogen (secondary N) is 2. The summed E-state index contributed by atoms with van der Waals surface area (Å²) in [4.78, 5) is 41.7. The van der Waals surface area contributed by atoms with E-state index >= 15 is 0 Å². The van der Waals surface area contributed by atoms with Gasteiger partial charge in [0.1, 0.15) is 17.2 Å². The number of aromatic amines is 1. The van der Waals surface area contributed by atoms with Crippen LogP contribution in [0.5, 0.6) is 17.2 Å². The highest BCUT2D eigenvalue weighted by molar-refractivity contribution is 6.04. The number of para-hydroxylation sites is 1. The van der Waals surface area contributed by atoms with Crippen molar-refractivity contribution < 1.29 is 23.9 Å². The van der Waals surface area contributed by atoms with Gasteiger partial charge in [0.05, 0.1) is 25.2 Å². The van der Waals surface area contributed by atoms with Crippen molar-refractivity contribution in [3.63, 3.8) is 0 Å². The first kappa shape index (κ1) is 27.1. The van der Waals surface area contributed by atoms with Gasteiger partial charge in [0, 0.05) is 24.2 Å². The number of aromatic nitrogens is 2. The molecule has 3 amide bonds. The number of ether oxygens (including phenoxy) is 2. The van der Waals surface area contributed by atoms with Gasteiger partial charge >= 0.3 is 0 Å². The van der Waals surface area contributed by atoms with Gasteiger partial charge in [0.2, 0.25) is 5.91 Å². The van der Waals surface area contributed by atoms with E-state index in [-0.39, 0.29) is 30.7 Å². The quantitative estimate of drug-likeness (QED) is 0.308. The lowest BCUT2D eigenvalue weighted by molar-refractivity contribution is -0.132. The van der Waals surface area contributed by atoms with Crippen LogP contribution in [0.4, 0.5) is 5.82 Å². The van der Waals surface area contributed by atoms with E-state index in [4.69, 9.17) is 9.47 Å². The van der Waals surface area contributed by atoms with Gasteiger partial charge < -0.3 is 24.6 Å². The summed E-state index contributed by atoms with van der Waals surface area (Å²) in [6.45, 7) is 2.36. The maximum atomic E-state index is 13.1. The summed E-state index contributed by atoms with van der Waals surface area (Å²) < 4.78 is 11.4. The summed E-state index contributed by atoms with van der Waals surface area (Å²) in [7, 11) is 0. The molecule has 0 spiro atoms. The van der Waals surface area contributed by atoms with Crippen LogP contribution in [-0.2, 0) is 29.1 Å². The molecule has 0 aliphatic carbocycles. The Morgan fingerprint density at radius 3 is 2.21 bits per heavy atom. The average molecular weight is 566 g/mol. The summed E-state index contributed by atoms with van der Waals surface area (Å²) in [5.41, 5.74) is 2.91.